The maximum atomic E-state index is 12.1. The fourth-order valence-corrected chi connectivity index (χ4v) is 1.73. The topological polar surface area (TPSA) is 104 Å². The van der Waals surface area contributed by atoms with Gasteiger partial charge < -0.3 is 15.5 Å². The normalized spacial score (nSPS) is 12.6. The lowest BCUT2D eigenvalue weighted by Crippen LogP contribution is -2.49. The summed E-state index contributed by atoms with van der Waals surface area (Å²) in [5.41, 5.74) is -0.918. The molecule has 1 aromatic rings. The largest absolute Gasteiger partial charge is 0.480 e. The van der Waals surface area contributed by atoms with Gasteiger partial charge in [-0.2, -0.15) is 0 Å². The molecule has 0 aliphatic rings. The number of aliphatic carboxylic acids is 1. The number of amides is 1. The minimum absolute atomic E-state index is 0.0597. The molecule has 6 nitrogen and oxygen atoms in total. The van der Waals surface area contributed by atoms with Crippen molar-refractivity contribution in [2.24, 2.45) is 5.41 Å². The third-order valence-corrected chi connectivity index (χ3v) is 2.79. The molecule has 0 saturated heterocycles. The molecule has 0 saturated carbocycles. The van der Waals surface area contributed by atoms with Crippen molar-refractivity contribution in [1.29, 1.82) is 0 Å². The van der Waals surface area contributed by atoms with Crippen LogP contribution in [0, 0.1) is 5.41 Å². The van der Waals surface area contributed by atoms with E-state index in [-0.39, 0.29) is 11.1 Å². The molecule has 20 heavy (non-hydrogen) atoms. The van der Waals surface area contributed by atoms with Crippen LogP contribution in [0.2, 0.25) is 0 Å². The molecule has 108 valence electrons. The second kappa shape index (κ2) is 5.73. The van der Waals surface area contributed by atoms with Gasteiger partial charge in [0, 0.05) is 0 Å². The minimum Gasteiger partial charge on any atom is -0.480 e. The van der Waals surface area contributed by atoms with E-state index in [0.717, 1.165) is 0 Å². The molecule has 1 atom stereocenters. The molecule has 0 radical (unpaired) electrons. The number of hydrogen-bond donors (Lipinski definition) is 3. The second-order valence-corrected chi connectivity index (χ2v) is 5.46. The lowest BCUT2D eigenvalue weighted by molar-refractivity contribution is -0.142. The first kappa shape index (κ1) is 15.7. The Labute approximate surface area is 116 Å². The van der Waals surface area contributed by atoms with E-state index in [4.69, 9.17) is 10.2 Å². The van der Waals surface area contributed by atoms with Gasteiger partial charge in [-0.15, -0.1) is 0 Å². The van der Waals surface area contributed by atoms with Gasteiger partial charge in [-0.3, -0.25) is 4.79 Å². The van der Waals surface area contributed by atoms with Crippen LogP contribution in [0.25, 0.3) is 0 Å². The molecule has 0 fully saturated rings. The monoisotopic (exact) mass is 279 g/mol. The Kier molecular flexibility index (Phi) is 4.49. The minimum atomic E-state index is -1.24. The van der Waals surface area contributed by atoms with Crippen LogP contribution in [-0.2, 0) is 4.79 Å². The first-order valence-electron chi connectivity index (χ1n) is 6.00. The summed E-state index contributed by atoms with van der Waals surface area (Å²) in [6.45, 7) is 5.03. The van der Waals surface area contributed by atoms with Gasteiger partial charge in [0.2, 0.25) is 0 Å². The Bertz CT molecular complexity index is 545. The highest BCUT2D eigenvalue weighted by Crippen LogP contribution is 2.20. The van der Waals surface area contributed by atoms with E-state index >= 15 is 0 Å². The van der Waals surface area contributed by atoms with Crippen LogP contribution in [0.4, 0.5) is 0 Å². The number of benzene rings is 1. The predicted molar refractivity (Wildman–Crippen MR) is 71.7 cm³/mol. The standard InChI is InChI=1S/C14H17NO5/c1-14(2,3)10(13(19)20)15-11(16)8-6-4-5-7-9(8)12(17)18/h4-7,10H,1-3H3,(H,15,16)(H,17,18)(H,19,20)/t10-/m1/s1. The van der Waals surface area contributed by atoms with Gasteiger partial charge >= 0.3 is 11.9 Å². The van der Waals surface area contributed by atoms with Crippen LogP contribution in [0.5, 0.6) is 0 Å². The van der Waals surface area contributed by atoms with Gasteiger partial charge in [0.1, 0.15) is 6.04 Å². The number of aromatic carboxylic acids is 1. The third-order valence-electron chi connectivity index (χ3n) is 2.79. The number of carbonyl (C=O) groups excluding carboxylic acids is 1. The molecule has 6 heteroatoms. The quantitative estimate of drug-likeness (QED) is 0.776. The van der Waals surface area contributed by atoms with Crippen molar-refractivity contribution in [2.45, 2.75) is 26.8 Å². The SMILES string of the molecule is CC(C)(C)[C@H](NC(=O)c1ccccc1C(=O)O)C(=O)O. The predicted octanol–water partition coefficient (Wildman–Crippen LogP) is 1.61. The fraction of sp³-hybridized carbons (Fsp3) is 0.357. The first-order chi connectivity index (χ1) is 9.14. The van der Waals surface area contributed by atoms with Crippen molar-refractivity contribution in [3.8, 4) is 0 Å². The van der Waals surface area contributed by atoms with E-state index in [0.29, 0.717) is 0 Å². The second-order valence-electron chi connectivity index (χ2n) is 5.46. The number of carboxylic acids is 2. The highest BCUT2D eigenvalue weighted by molar-refractivity contribution is 6.05. The maximum Gasteiger partial charge on any atom is 0.336 e. The lowest BCUT2D eigenvalue weighted by Gasteiger charge is -2.27. The summed E-state index contributed by atoms with van der Waals surface area (Å²) in [6, 6.07) is 4.55. The molecule has 0 aliphatic carbocycles. The summed E-state index contributed by atoms with van der Waals surface area (Å²) in [5.74, 6) is -3.12. The molecular formula is C14H17NO5. The summed E-state index contributed by atoms with van der Waals surface area (Å²) >= 11 is 0. The van der Waals surface area contributed by atoms with E-state index < -0.39 is 29.3 Å². The van der Waals surface area contributed by atoms with Gasteiger partial charge in [0.05, 0.1) is 11.1 Å². The molecule has 1 aromatic carbocycles. The molecule has 1 rings (SSSR count). The van der Waals surface area contributed by atoms with Crippen molar-refractivity contribution in [3.05, 3.63) is 35.4 Å². The molecule has 0 aliphatic heterocycles. The van der Waals surface area contributed by atoms with Gasteiger partial charge in [-0.25, -0.2) is 9.59 Å². The molecule has 0 heterocycles. The van der Waals surface area contributed by atoms with Gasteiger partial charge in [0.15, 0.2) is 0 Å². The molecule has 0 unspecified atom stereocenters. The van der Waals surface area contributed by atoms with Crippen molar-refractivity contribution >= 4 is 17.8 Å². The third kappa shape index (κ3) is 3.57. The Hall–Kier alpha value is -2.37. The Morgan fingerprint density at radius 3 is 1.95 bits per heavy atom. The van der Waals surface area contributed by atoms with E-state index in [1.807, 2.05) is 0 Å². The first-order valence-corrected chi connectivity index (χ1v) is 6.00. The molecule has 1 amide bonds. The van der Waals surface area contributed by atoms with E-state index in [2.05, 4.69) is 5.32 Å². The summed E-state index contributed by atoms with van der Waals surface area (Å²) in [4.78, 5) is 34.3. The number of hydrogen-bond acceptors (Lipinski definition) is 3. The number of rotatable bonds is 4. The van der Waals surface area contributed by atoms with Crippen molar-refractivity contribution in [1.82, 2.24) is 5.32 Å². The zero-order valence-electron chi connectivity index (χ0n) is 11.5. The highest BCUT2D eigenvalue weighted by Gasteiger charge is 2.33. The van der Waals surface area contributed by atoms with Crippen molar-refractivity contribution in [3.63, 3.8) is 0 Å². The average Bonchev–Trinajstić information content (AvgIpc) is 2.33. The molecule has 0 aromatic heterocycles. The van der Waals surface area contributed by atoms with Gasteiger partial charge in [0.25, 0.3) is 5.91 Å². The molecular weight excluding hydrogens is 262 g/mol. The Morgan fingerprint density at radius 1 is 1.05 bits per heavy atom. The molecule has 0 bridgehead atoms. The Balaban J connectivity index is 3.08. The Morgan fingerprint density at radius 2 is 1.55 bits per heavy atom. The molecule has 0 spiro atoms. The number of carbonyl (C=O) groups is 3. The van der Waals surface area contributed by atoms with Crippen LogP contribution in [0.3, 0.4) is 0 Å². The van der Waals surface area contributed by atoms with Crippen LogP contribution in [0.15, 0.2) is 24.3 Å². The van der Waals surface area contributed by atoms with Crippen molar-refractivity contribution < 1.29 is 24.6 Å². The van der Waals surface area contributed by atoms with E-state index in [1.165, 1.54) is 24.3 Å². The van der Waals surface area contributed by atoms with Gasteiger partial charge in [-0.05, 0) is 17.5 Å². The van der Waals surface area contributed by atoms with Crippen LogP contribution in [-0.4, -0.2) is 34.1 Å². The number of nitrogens with one attached hydrogen (secondary N) is 1. The van der Waals surface area contributed by atoms with E-state index in [1.54, 1.807) is 20.8 Å². The summed E-state index contributed by atoms with van der Waals surface area (Å²) in [7, 11) is 0. The maximum absolute atomic E-state index is 12.1. The highest BCUT2D eigenvalue weighted by atomic mass is 16.4. The zero-order valence-corrected chi connectivity index (χ0v) is 11.5. The zero-order chi connectivity index (χ0) is 15.5. The lowest BCUT2D eigenvalue weighted by atomic mass is 9.86. The fourth-order valence-electron chi connectivity index (χ4n) is 1.73. The van der Waals surface area contributed by atoms with Crippen LogP contribution < -0.4 is 5.32 Å². The molecule has 3 N–H and O–H groups in total. The summed E-state index contributed by atoms with van der Waals surface area (Å²) in [5, 5.41) is 20.5. The van der Waals surface area contributed by atoms with Crippen molar-refractivity contribution in [2.75, 3.05) is 0 Å². The van der Waals surface area contributed by atoms with Crippen LogP contribution >= 0.6 is 0 Å². The summed E-state index contributed by atoms with van der Waals surface area (Å²) < 4.78 is 0. The average molecular weight is 279 g/mol. The number of carboxylic acid groups (broad SMARTS) is 2. The van der Waals surface area contributed by atoms with E-state index in [9.17, 15) is 14.4 Å². The van der Waals surface area contributed by atoms with Gasteiger partial charge in [-0.1, -0.05) is 32.9 Å². The summed E-state index contributed by atoms with van der Waals surface area (Å²) in [6.07, 6.45) is 0. The van der Waals surface area contributed by atoms with Crippen LogP contribution in [0.1, 0.15) is 41.5 Å². The smallest absolute Gasteiger partial charge is 0.336 e.